The van der Waals surface area contributed by atoms with Gasteiger partial charge in [0.05, 0.1) is 0 Å². The number of methoxy groups -OCH3 is 1. The predicted molar refractivity (Wildman–Crippen MR) is 94.4 cm³/mol. The summed E-state index contributed by atoms with van der Waals surface area (Å²) in [6.07, 6.45) is 0.771. The lowest BCUT2D eigenvalue weighted by molar-refractivity contribution is 0.0948. The largest absolute Gasteiger partial charge is 0.385 e. The number of anilines is 1. The first-order valence-corrected chi connectivity index (χ1v) is 7.86. The van der Waals surface area contributed by atoms with Gasteiger partial charge in [-0.3, -0.25) is 9.59 Å². The normalized spacial score (nSPS) is 10.2. The van der Waals surface area contributed by atoms with Crippen LogP contribution in [-0.4, -0.2) is 32.1 Å². The van der Waals surface area contributed by atoms with E-state index in [0.717, 1.165) is 12.0 Å². The number of benzene rings is 2. The molecule has 2 aromatic rings. The van der Waals surface area contributed by atoms with Gasteiger partial charge < -0.3 is 15.4 Å². The van der Waals surface area contributed by atoms with Gasteiger partial charge in [-0.05, 0) is 49.2 Å². The van der Waals surface area contributed by atoms with Crippen LogP contribution in [0.15, 0.2) is 48.5 Å². The summed E-state index contributed by atoms with van der Waals surface area (Å²) in [5.41, 5.74) is 2.76. The number of carbonyl (C=O) groups excluding carboxylic acids is 2. The van der Waals surface area contributed by atoms with Crippen LogP contribution in [0.1, 0.15) is 32.7 Å². The minimum absolute atomic E-state index is 0.136. The number of ether oxygens (including phenoxy) is 1. The summed E-state index contributed by atoms with van der Waals surface area (Å²) in [5.74, 6) is -0.298. The van der Waals surface area contributed by atoms with Gasteiger partial charge in [0.25, 0.3) is 11.8 Å². The van der Waals surface area contributed by atoms with Crippen molar-refractivity contribution in [1.82, 2.24) is 5.32 Å². The van der Waals surface area contributed by atoms with Crippen molar-refractivity contribution in [2.45, 2.75) is 13.3 Å². The van der Waals surface area contributed by atoms with Crippen molar-refractivity contribution in [2.24, 2.45) is 0 Å². The third-order valence-electron chi connectivity index (χ3n) is 3.61. The van der Waals surface area contributed by atoms with Gasteiger partial charge in [0.15, 0.2) is 0 Å². The number of carbonyl (C=O) groups is 2. The van der Waals surface area contributed by atoms with Gasteiger partial charge in [-0.25, -0.2) is 0 Å². The maximum atomic E-state index is 12.3. The number of amides is 2. The fraction of sp³-hybridized carbons (Fsp3) is 0.263. The fourth-order valence-electron chi connectivity index (χ4n) is 2.25. The van der Waals surface area contributed by atoms with Gasteiger partial charge >= 0.3 is 0 Å². The average Bonchev–Trinajstić information content (AvgIpc) is 2.59. The lowest BCUT2D eigenvalue weighted by atomic mass is 10.1. The molecular formula is C19H22N2O3. The highest BCUT2D eigenvalue weighted by Crippen LogP contribution is 2.13. The van der Waals surface area contributed by atoms with Gasteiger partial charge in [-0.1, -0.05) is 18.2 Å². The quantitative estimate of drug-likeness (QED) is 0.769. The molecule has 0 aliphatic heterocycles. The molecule has 2 rings (SSSR count). The third-order valence-corrected chi connectivity index (χ3v) is 3.61. The zero-order valence-electron chi connectivity index (χ0n) is 14.0. The maximum Gasteiger partial charge on any atom is 0.255 e. The first kappa shape index (κ1) is 17.7. The Morgan fingerprint density at radius 3 is 2.38 bits per heavy atom. The Bertz CT molecular complexity index is 696. The minimum Gasteiger partial charge on any atom is -0.385 e. The first-order chi connectivity index (χ1) is 11.6. The monoisotopic (exact) mass is 326 g/mol. The molecular weight excluding hydrogens is 304 g/mol. The summed E-state index contributed by atoms with van der Waals surface area (Å²) < 4.78 is 4.94. The van der Waals surface area contributed by atoms with E-state index in [1.807, 2.05) is 25.1 Å². The average molecular weight is 326 g/mol. The molecule has 0 heterocycles. The molecule has 126 valence electrons. The second-order valence-corrected chi connectivity index (χ2v) is 5.45. The topological polar surface area (TPSA) is 67.4 Å². The van der Waals surface area contributed by atoms with Crippen LogP contribution in [0, 0.1) is 6.92 Å². The number of hydrogen-bond donors (Lipinski definition) is 2. The van der Waals surface area contributed by atoms with Gasteiger partial charge in [-0.15, -0.1) is 0 Å². The van der Waals surface area contributed by atoms with E-state index >= 15 is 0 Å². The van der Waals surface area contributed by atoms with Gasteiger partial charge in [-0.2, -0.15) is 0 Å². The molecule has 0 atom stereocenters. The van der Waals surface area contributed by atoms with Crippen LogP contribution in [0.5, 0.6) is 0 Å². The molecule has 0 aliphatic carbocycles. The lowest BCUT2D eigenvalue weighted by Crippen LogP contribution is -2.25. The number of hydrogen-bond acceptors (Lipinski definition) is 3. The zero-order chi connectivity index (χ0) is 17.4. The number of aryl methyl sites for hydroxylation is 1. The molecule has 0 radical (unpaired) electrons. The highest BCUT2D eigenvalue weighted by atomic mass is 16.5. The van der Waals surface area contributed by atoms with Crippen LogP contribution in [0.3, 0.4) is 0 Å². The van der Waals surface area contributed by atoms with E-state index in [9.17, 15) is 9.59 Å². The molecule has 24 heavy (non-hydrogen) atoms. The zero-order valence-corrected chi connectivity index (χ0v) is 14.0. The Morgan fingerprint density at radius 2 is 1.71 bits per heavy atom. The van der Waals surface area contributed by atoms with Crippen LogP contribution in [0.2, 0.25) is 0 Å². The summed E-state index contributed by atoms with van der Waals surface area (Å²) >= 11 is 0. The van der Waals surface area contributed by atoms with E-state index in [-0.39, 0.29) is 11.8 Å². The highest BCUT2D eigenvalue weighted by molar-refractivity contribution is 6.05. The Labute approximate surface area is 142 Å². The molecule has 0 fully saturated rings. The van der Waals surface area contributed by atoms with E-state index in [2.05, 4.69) is 10.6 Å². The Kier molecular flexibility index (Phi) is 6.51. The second kappa shape index (κ2) is 8.84. The van der Waals surface area contributed by atoms with Crippen molar-refractivity contribution in [3.05, 3.63) is 65.2 Å². The van der Waals surface area contributed by atoms with Crippen molar-refractivity contribution in [3.63, 3.8) is 0 Å². The molecule has 2 N–H and O–H groups in total. The van der Waals surface area contributed by atoms with Gasteiger partial charge in [0, 0.05) is 37.1 Å². The second-order valence-electron chi connectivity index (χ2n) is 5.45. The van der Waals surface area contributed by atoms with Gasteiger partial charge in [0.1, 0.15) is 0 Å². The van der Waals surface area contributed by atoms with E-state index in [1.54, 1.807) is 37.4 Å². The fourth-order valence-corrected chi connectivity index (χ4v) is 2.25. The third kappa shape index (κ3) is 4.93. The van der Waals surface area contributed by atoms with E-state index in [0.29, 0.717) is 30.0 Å². The Balaban J connectivity index is 1.93. The molecule has 5 heteroatoms. The van der Waals surface area contributed by atoms with Crippen molar-refractivity contribution < 1.29 is 14.3 Å². The Hall–Kier alpha value is -2.66. The highest BCUT2D eigenvalue weighted by Gasteiger charge is 2.09. The summed E-state index contributed by atoms with van der Waals surface area (Å²) in [6.45, 7) is 3.08. The molecule has 0 bridgehead atoms. The summed E-state index contributed by atoms with van der Waals surface area (Å²) in [6, 6.07) is 14.2. The maximum absolute atomic E-state index is 12.3. The van der Waals surface area contributed by atoms with Crippen LogP contribution in [0.4, 0.5) is 5.69 Å². The van der Waals surface area contributed by atoms with Crippen molar-refractivity contribution in [3.8, 4) is 0 Å². The molecule has 0 unspecified atom stereocenters. The van der Waals surface area contributed by atoms with Crippen molar-refractivity contribution in [1.29, 1.82) is 0 Å². The number of nitrogens with one attached hydrogen (secondary N) is 2. The summed E-state index contributed by atoms with van der Waals surface area (Å²) in [5, 5.41) is 5.66. The molecule has 0 saturated heterocycles. The van der Waals surface area contributed by atoms with E-state index in [4.69, 9.17) is 4.74 Å². The molecule has 5 nitrogen and oxygen atoms in total. The minimum atomic E-state index is -0.162. The predicted octanol–water partition coefficient (Wildman–Crippen LogP) is 3.01. The van der Waals surface area contributed by atoms with Crippen LogP contribution in [0.25, 0.3) is 0 Å². The van der Waals surface area contributed by atoms with E-state index < -0.39 is 0 Å². The smallest absolute Gasteiger partial charge is 0.255 e. The summed E-state index contributed by atoms with van der Waals surface area (Å²) in [7, 11) is 1.63. The van der Waals surface area contributed by atoms with Crippen molar-refractivity contribution in [2.75, 3.05) is 25.6 Å². The van der Waals surface area contributed by atoms with Crippen LogP contribution in [-0.2, 0) is 4.74 Å². The Morgan fingerprint density at radius 1 is 1.00 bits per heavy atom. The van der Waals surface area contributed by atoms with E-state index in [1.165, 1.54) is 0 Å². The molecule has 0 aromatic heterocycles. The van der Waals surface area contributed by atoms with Crippen molar-refractivity contribution >= 4 is 17.5 Å². The molecule has 0 aliphatic rings. The van der Waals surface area contributed by atoms with Crippen LogP contribution < -0.4 is 10.6 Å². The molecule has 2 amide bonds. The van der Waals surface area contributed by atoms with Crippen LogP contribution >= 0.6 is 0 Å². The number of rotatable bonds is 7. The van der Waals surface area contributed by atoms with Gasteiger partial charge in [0.2, 0.25) is 0 Å². The molecule has 0 saturated carbocycles. The SMILES string of the molecule is COCCCNC(=O)c1ccc(NC(=O)c2ccccc2C)cc1. The lowest BCUT2D eigenvalue weighted by Gasteiger charge is -2.09. The molecule has 2 aromatic carbocycles. The standard InChI is InChI=1S/C19H22N2O3/c1-14-6-3-4-7-17(14)19(23)21-16-10-8-15(9-11-16)18(22)20-12-5-13-24-2/h3-4,6-11H,5,12-13H2,1-2H3,(H,20,22)(H,21,23). The molecule has 0 spiro atoms. The first-order valence-electron chi connectivity index (χ1n) is 7.86. The summed E-state index contributed by atoms with van der Waals surface area (Å²) in [4.78, 5) is 24.2.